The van der Waals surface area contributed by atoms with Gasteiger partial charge in [0.05, 0.1) is 7.11 Å². The van der Waals surface area contributed by atoms with E-state index in [1.807, 2.05) is 0 Å². The van der Waals surface area contributed by atoms with Gasteiger partial charge in [-0.3, -0.25) is 0 Å². The highest BCUT2D eigenvalue weighted by molar-refractivity contribution is 5.39. The largest absolute Gasteiger partial charge is 0.496 e. The predicted octanol–water partition coefficient (Wildman–Crippen LogP) is 3.09. The fourth-order valence-corrected chi connectivity index (χ4v) is 2.24. The van der Waals surface area contributed by atoms with Gasteiger partial charge in [0.2, 0.25) is 0 Å². The maximum atomic E-state index is 5.77. The number of aryl methyl sites for hydroxylation is 1. The molecule has 16 heavy (non-hydrogen) atoms. The monoisotopic (exact) mass is 221 g/mol. The molecule has 2 atom stereocenters. The second kappa shape index (κ2) is 5.90. The number of hydrogen-bond acceptors (Lipinski definition) is 2. The lowest BCUT2D eigenvalue weighted by atomic mass is 9.84. The van der Waals surface area contributed by atoms with Crippen LogP contribution in [0.1, 0.15) is 37.3 Å². The Hall–Kier alpha value is -1.02. The molecular weight excluding hydrogens is 198 g/mol. The molecule has 0 amide bonds. The molecule has 2 N–H and O–H groups in total. The third-order valence-corrected chi connectivity index (χ3v) is 3.28. The normalized spacial score (nSPS) is 14.6. The van der Waals surface area contributed by atoms with Crippen LogP contribution in [0.2, 0.25) is 0 Å². The third-order valence-electron chi connectivity index (χ3n) is 3.28. The van der Waals surface area contributed by atoms with Gasteiger partial charge in [-0.1, -0.05) is 31.5 Å². The van der Waals surface area contributed by atoms with Crippen LogP contribution in [-0.2, 0) is 0 Å². The highest BCUT2D eigenvalue weighted by Gasteiger charge is 2.19. The Morgan fingerprint density at radius 2 is 2.06 bits per heavy atom. The maximum absolute atomic E-state index is 5.77. The van der Waals surface area contributed by atoms with Crippen molar-refractivity contribution in [1.82, 2.24) is 0 Å². The molecular formula is C14H23NO. The van der Waals surface area contributed by atoms with Gasteiger partial charge in [-0.05, 0) is 43.4 Å². The highest BCUT2D eigenvalue weighted by atomic mass is 16.5. The average Bonchev–Trinajstić information content (AvgIpc) is 2.30. The Morgan fingerprint density at radius 1 is 1.38 bits per heavy atom. The summed E-state index contributed by atoms with van der Waals surface area (Å²) in [5.41, 5.74) is 8.35. The number of hydrogen-bond donors (Lipinski definition) is 1. The van der Waals surface area contributed by atoms with Crippen LogP contribution in [0, 0.1) is 12.8 Å². The molecule has 1 aromatic rings. The minimum atomic E-state index is 0.486. The highest BCUT2D eigenvalue weighted by Crippen LogP contribution is 2.34. The van der Waals surface area contributed by atoms with Crippen molar-refractivity contribution in [3.05, 3.63) is 29.3 Å². The molecule has 2 nitrogen and oxygen atoms in total. The zero-order valence-corrected chi connectivity index (χ0v) is 10.8. The summed E-state index contributed by atoms with van der Waals surface area (Å²) in [4.78, 5) is 0. The lowest BCUT2D eigenvalue weighted by molar-refractivity contribution is 0.387. The van der Waals surface area contributed by atoms with Crippen molar-refractivity contribution in [2.24, 2.45) is 11.7 Å². The average molecular weight is 221 g/mol. The zero-order chi connectivity index (χ0) is 12.1. The summed E-state index contributed by atoms with van der Waals surface area (Å²) in [6.07, 6.45) is 1.10. The molecule has 0 spiro atoms. The van der Waals surface area contributed by atoms with Crippen molar-refractivity contribution >= 4 is 0 Å². The van der Waals surface area contributed by atoms with Crippen LogP contribution in [0.5, 0.6) is 5.75 Å². The quantitative estimate of drug-likeness (QED) is 0.829. The van der Waals surface area contributed by atoms with E-state index >= 15 is 0 Å². The molecule has 1 aromatic carbocycles. The van der Waals surface area contributed by atoms with Crippen LogP contribution >= 0.6 is 0 Å². The molecule has 2 heteroatoms. The van der Waals surface area contributed by atoms with Crippen molar-refractivity contribution in [2.45, 2.75) is 33.1 Å². The van der Waals surface area contributed by atoms with Gasteiger partial charge in [0, 0.05) is 0 Å². The summed E-state index contributed by atoms with van der Waals surface area (Å²) in [5, 5.41) is 0. The molecule has 0 saturated heterocycles. The van der Waals surface area contributed by atoms with Crippen molar-refractivity contribution in [1.29, 1.82) is 0 Å². The summed E-state index contributed by atoms with van der Waals surface area (Å²) < 4.78 is 5.44. The molecule has 1 rings (SSSR count). The van der Waals surface area contributed by atoms with Crippen LogP contribution in [0.15, 0.2) is 18.2 Å². The minimum Gasteiger partial charge on any atom is -0.496 e. The van der Waals surface area contributed by atoms with Crippen molar-refractivity contribution < 1.29 is 4.74 Å². The van der Waals surface area contributed by atoms with Gasteiger partial charge in [-0.2, -0.15) is 0 Å². The number of benzene rings is 1. The van der Waals surface area contributed by atoms with Gasteiger partial charge in [0.1, 0.15) is 5.75 Å². The maximum Gasteiger partial charge on any atom is 0.122 e. The molecule has 0 radical (unpaired) electrons. The molecule has 0 heterocycles. The van der Waals surface area contributed by atoms with Crippen molar-refractivity contribution in [2.75, 3.05) is 13.7 Å². The molecule has 0 aliphatic carbocycles. The topological polar surface area (TPSA) is 35.2 Å². The second-order valence-electron chi connectivity index (χ2n) is 4.47. The molecule has 0 saturated carbocycles. The summed E-state index contributed by atoms with van der Waals surface area (Å²) in [6, 6.07) is 6.36. The number of ether oxygens (including phenoxy) is 1. The molecule has 90 valence electrons. The number of nitrogens with two attached hydrogens (primary N) is 1. The van der Waals surface area contributed by atoms with E-state index in [-0.39, 0.29) is 0 Å². The van der Waals surface area contributed by atoms with E-state index in [0.717, 1.165) is 18.7 Å². The lowest BCUT2D eigenvalue weighted by Crippen LogP contribution is -2.19. The predicted molar refractivity (Wildman–Crippen MR) is 69.0 cm³/mol. The summed E-state index contributed by atoms with van der Waals surface area (Å²) >= 11 is 0. The summed E-state index contributed by atoms with van der Waals surface area (Å²) in [5.74, 6) is 1.96. The fraction of sp³-hybridized carbons (Fsp3) is 0.571. The van der Waals surface area contributed by atoms with Gasteiger partial charge >= 0.3 is 0 Å². The first-order chi connectivity index (χ1) is 7.63. The van der Waals surface area contributed by atoms with Crippen LogP contribution in [0.4, 0.5) is 0 Å². The molecule has 0 aliphatic rings. The van der Waals surface area contributed by atoms with Gasteiger partial charge in [0.15, 0.2) is 0 Å². The van der Waals surface area contributed by atoms with E-state index in [9.17, 15) is 0 Å². The van der Waals surface area contributed by atoms with Crippen molar-refractivity contribution in [3.8, 4) is 5.75 Å². The van der Waals surface area contributed by atoms with Crippen LogP contribution < -0.4 is 10.5 Å². The standard InChI is InChI=1S/C14H23NO/c1-5-12(11(3)9-15)13-8-10(2)6-7-14(13)16-4/h6-8,11-12H,5,9,15H2,1-4H3. The van der Waals surface area contributed by atoms with Crippen molar-refractivity contribution in [3.63, 3.8) is 0 Å². The summed E-state index contributed by atoms with van der Waals surface area (Å²) in [7, 11) is 1.73. The van der Waals surface area contributed by atoms with E-state index in [2.05, 4.69) is 39.0 Å². The molecule has 0 fully saturated rings. The molecule has 0 aliphatic heterocycles. The smallest absolute Gasteiger partial charge is 0.122 e. The second-order valence-corrected chi connectivity index (χ2v) is 4.47. The Balaban J connectivity index is 3.11. The number of rotatable bonds is 5. The van der Waals surface area contributed by atoms with E-state index in [4.69, 9.17) is 10.5 Å². The Bertz CT molecular complexity index is 336. The Morgan fingerprint density at radius 3 is 2.56 bits per heavy atom. The first-order valence-corrected chi connectivity index (χ1v) is 5.98. The van der Waals surface area contributed by atoms with Crippen LogP contribution in [-0.4, -0.2) is 13.7 Å². The number of methoxy groups -OCH3 is 1. The van der Waals surface area contributed by atoms with Crippen LogP contribution in [0.3, 0.4) is 0 Å². The van der Waals surface area contributed by atoms with Gasteiger partial charge in [-0.25, -0.2) is 0 Å². The first-order valence-electron chi connectivity index (χ1n) is 5.98. The van der Waals surface area contributed by atoms with E-state index in [1.165, 1.54) is 11.1 Å². The molecule has 2 unspecified atom stereocenters. The third kappa shape index (κ3) is 2.76. The zero-order valence-electron chi connectivity index (χ0n) is 10.8. The lowest BCUT2D eigenvalue weighted by Gasteiger charge is -2.24. The SMILES string of the molecule is CCC(c1cc(C)ccc1OC)C(C)CN. The Kier molecular flexibility index (Phi) is 4.81. The molecule has 0 aromatic heterocycles. The minimum absolute atomic E-state index is 0.486. The van der Waals surface area contributed by atoms with Gasteiger partial charge < -0.3 is 10.5 Å². The molecule has 0 bridgehead atoms. The van der Waals surface area contributed by atoms with E-state index < -0.39 is 0 Å². The van der Waals surface area contributed by atoms with Gasteiger partial charge in [0.25, 0.3) is 0 Å². The fourth-order valence-electron chi connectivity index (χ4n) is 2.24. The summed E-state index contributed by atoms with van der Waals surface area (Å²) in [6.45, 7) is 7.24. The van der Waals surface area contributed by atoms with Crippen LogP contribution in [0.25, 0.3) is 0 Å². The Labute approximate surface area is 98.8 Å². The van der Waals surface area contributed by atoms with E-state index in [1.54, 1.807) is 7.11 Å². The van der Waals surface area contributed by atoms with Gasteiger partial charge in [-0.15, -0.1) is 0 Å². The first kappa shape index (κ1) is 13.0. The van der Waals surface area contributed by atoms with E-state index in [0.29, 0.717) is 11.8 Å².